The molecule has 114 valence electrons. The Morgan fingerprint density at radius 2 is 1.55 bits per heavy atom. The molecule has 0 aliphatic carbocycles. The number of hydrogen-bond acceptors (Lipinski definition) is 1. The van der Waals surface area contributed by atoms with Gasteiger partial charge in [-0.25, -0.2) is 4.99 Å². The van der Waals surface area contributed by atoms with Crippen LogP contribution in [0.25, 0.3) is 0 Å². The SMILES string of the molecule is CC(C)(C)NC(N)=NCc1ccc(C(C)(C)C)cc1.I. The molecule has 4 heteroatoms. The number of nitrogens with two attached hydrogens (primary N) is 1. The van der Waals surface area contributed by atoms with Gasteiger partial charge in [-0.1, -0.05) is 45.0 Å². The Hall–Kier alpha value is -0.780. The summed E-state index contributed by atoms with van der Waals surface area (Å²) in [6.45, 7) is 13.4. The zero-order valence-electron chi connectivity index (χ0n) is 13.4. The Bertz CT molecular complexity index is 436. The maximum Gasteiger partial charge on any atom is 0.189 e. The summed E-state index contributed by atoms with van der Waals surface area (Å²) in [4.78, 5) is 4.35. The van der Waals surface area contributed by atoms with E-state index in [0.717, 1.165) is 0 Å². The number of nitrogens with zero attached hydrogens (tertiary/aromatic N) is 1. The monoisotopic (exact) mass is 389 g/mol. The second-order valence-corrected chi connectivity index (χ2v) is 7.02. The Balaban J connectivity index is 0.00000361. The Labute approximate surface area is 140 Å². The molecule has 1 aromatic rings. The Morgan fingerprint density at radius 3 is 1.95 bits per heavy atom. The van der Waals surface area contributed by atoms with E-state index in [4.69, 9.17) is 5.73 Å². The molecule has 0 unspecified atom stereocenters. The number of hydrogen-bond donors (Lipinski definition) is 2. The fraction of sp³-hybridized carbons (Fsp3) is 0.562. The molecular weight excluding hydrogens is 361 g/mol. The summed E-state index contributed by atoms with van der Waals surface area (Å²) < 4.78 is 0. The van der Waals surface area contributed by atoms with Gasteiger partial charge >= 0.3 is 0 Å². The first-order chi connectivity index (χ1) is 8.58. The van der Waals surface area contributed by atoms with Gasteiger partial charge < -0.3 is 11.1 Å². The van der Waals surface area contributed by atoms with Crippen molar-refractivity contribution in [2.45, 2.75) is 59.0 Å². The number of benzene rings is 1. The molecule has 0 saturated heterocycles. The standard InChI is InChI=1S/C16H27N3.HI/c1-15(2,3)13-9-7-12(8-10-13)11-18-14(17)19-16(4,5)6;/h7-10H,11H2,1-6H3,(H3,17,18,19);1H. The first kappa shape index (κ1) is 19.2. The first-order valence-electron chi connectivity index (χ1n) is 6.75. The molecule has 0 aliphatic heterocycles. The van der Waals surface area contributed by atoms with Gasteiger partial charge in [0, 0.05) is 5.54 Å². The highest BCUT2D eigenvalue weighted by Gasteiger charge is 2.13. The van der Waals surface area contributed by atoms with Crippen LogP contribution in [0.3, 0.4) is 0 Å². The van der Waals surface area contributed by atoms with E-state index < -0.39 is 0 Å². The number of halogens is 1. The van der Waals surface area contributed by atoms with Gasteiger partial charge in [0.05, 0.1) is 6.54 Å². The topological polar surface area (TPSA) is 50.4 Å². The van der Waals surface area contributed by atoms with Crippen LogP contribution in [0.2, 0.25) is 0 Å². The second kappa shape index (κ2) is 7.29. The van der Waals surface area contributed by atoms with Crippen molar-refractivity contribution in [1.29, 1.82) is 0 Å². The fourth-order valence-electron chi connectivity index (χ4n) is 1.71. The molecule has 1 rings (SSSR count). The lowest BCUT2D eigenvalue weighted by atomic mass is 9.87. The van der Waals surface area contributed by atoms with E-state index in [1.54, 1.807) is 0 Å². The van der Waals surface area contributed by atoms with E-state index in [0.29, 0.717) is 12.5 Å². The Morgan fingerprint density at radius 1 is 1.05 bits per heavy atom. The molecule has 0 spiro atoms. The van der Waals surface area contributed by atoms with E-state index >= 15 is 0 Å². The van der Waals surface area contributed by atoms with Gasteiger partial charge in [-0.05, 0) is 37.3 Å². The summed E-state index contributed by atoms with van der Waals surface area (Å²) in [6.07, 6.45) is 0. The van der Waals surface area contributed by atoms with Crippen LogP contribution in [-0.4, -0.2) is 11.5 Å². The summed E-state index contributed by atoms with van der Waals surface area (Å²) in [5.74, 6) is 0.493. The maximum atomic E-state index is 5.85. The van der Waals surface area contributed by atoms with Crippen molar-refractivity contribution in [3.8, 4) is 0 Å². The third-order valence-corrected chi connectivity index (χ3v) is 2.76. The van der Waals surface area contributed by atoms with E-state index in [1.807, 2.05) is 0 Å². The van der Waals surface area contributed by atoms with Gasteiger partial charge in [0.2, 0.25) is 0 Å². The van der Waals surface area contributed by atoms with Gasteiger partial charge in [0.25, 0.3) is 0 Å². The Kier molecular flexibility index (Phi) is 7.01. The van der Waals surface area contributed by atoms with E-state index in [1.165, 1.54) is 11.1 Å². The predicted octanol–water partition coefficient (Wildman–Crippen LogP) is 3.80. The molecule has 0 aliphatic rings. The molecule has 0 atom stereocenters. The molecule has 3 N–H and O–H groups in total. The normalized spacial score (nSPS) is 12.8. The minimum atomic E-state index is -0.0519. The van der Waals surface area contributed by atoms with Crippen LogP contribution in [0.4, 0.5) is 0 Å². The molecule has 0 heterocycles. The van der Waals surface area contributed by atoms with Crippen LogP contribution in [0.1, 0.15) is 52.7 Å². The molecule has 0 bridgehead atoms. The minimum Gasteiger partial charge on any atom is -0.370 e. The molecule has 0 amide bonds. The highest BCUT2D eigenvalue weighted by molar-refractivity contribution is 14.0. The van der Waals surface area contributed by atoms with Gasteiger partial charge in [-0.15, -0.1) is 24.0 Å². The number of rotatable bonds is 2. The molecule has 0 aromatic heterocycles. The lowest BCUT2D eigenvalue weighted by molar-refractivity contribution is 0.508. The van der Waals surface area contributed by atoms with Crippen LogP contribution in [-0.2, 0) is 12.0 Å². The van der Waals surface area contributed by atoms with Crippen LogP contribution in [0.5, 0.6) is 0 Å². The maximum absolute atomic E-state index is 5.85. The van der Waals surface area contributed by atoms with Crippen molar-refractivity contribution >= 4 is 29.9 Å². The average Bonchev–Trinajstić information content (AvgIpc) is 2.23. The highest BCUT2D eigenvalue weighted by Crippen LogP contribution is 2.22. The number of aliphatic imine (C=N–C) groups is 1. The highest BCUT2D eigenvalue weighted by atomic mass is 127. The third kappa shape index (κ3) is 7.12. The third-order valence-electron chi connectivity index (χ3n) is 2.76. The van der Waals surface area contributed by atoms with Crippen molar-refractivity contribution < 1.29 is 0 Å². The van der Waals surface area contributed by atoms with Crippen molar-refractivity contribution in [1.82, 2.24) is 5.32 Å². The summed E-state index contributed by atoms with van der Waals surface area (Å²) in [7, 11) is 0. The molecule has 0 radical (unpaired) electrons. The van der Waals surface area contributed by atoms with Crippen LogP contribution < -0.4 is 11.1 Å². The molecule has 1 aromatic carbocycles. The predicted molar refractivity (Wildman–Crippen MR) is 98.8 cm³/mol. The van der Waals surface area contributed by atoms with Gasteiger partial charge in [0.15, 0.2) is 5.96 Å². The molecule has 0 fully saturated rings. The number of guanidine groups is 1. The molecule has 0 saturated carbocycles. The minimum absolute atomic E-state index is 0. The smallest absolute Gasteiger partial charge is 0.189 e. The van der Waals surface area contributed by atoms with Crippen molar-refractivity contribution in [3.63, 3.8) is 0 Å². The lowest BCUT2D eigenvalue weighted by Crippen LogP contribution is -2.44. The van der Waals surface area contributed by atoms with Crippen molar-refractivity contribution in [3.05, 3.63) is 35.4 Å². The average molecular weight is 389 g/mol. The van der Waals surface area contributed by atoms with Gasteiger partial charge in [-0.3, -0.25) is 0 Å². The van der Waals surface area contributed by atoms with Gasteiger partial charge in [0.1, 0.15) is 0 Å². The largest absolute Gasteiger partial charge is 0.370 e. The zero-order valence-corrected chi connectivity index (χ0v) is 15.8. The van der Waals surface area contributed by atoms with Gasteiger partial charge in [-0.2, -0.15) is 0 Å². The van der Waals surface area contributed by atoms with E-state index in [2.05, 4.69) is 76.1 Å². The molecule has 3 nitrogen and oxygen atoms in total. The molecular formula is C16H28IN3. The fourth-order valence-corrected chi connectivity index (χ4v) is 1.71. The zero-order chi connectivity index (χ0) is 14.7. The van der Waals surface area contributed by atoms with Crippen LogP contribution in [0, 0.1) is 0 Å². The second-order valence-electron chi connectivity index (χ2n) is 7.02. The first-order valence-corrected chi connectivity index (χ1v) is 6.75. The quantitative estimate of drug-likeness (QED) is 0.459. The summed E-state index contributed by atoms with van der Waals surface area (Å²) in [5.41, 5.74) is 8.49. The number of nitrogens with one attached hydrogen (secondary N) is 1. The lowest BCUT2D eigenvalue weighted by Gasteiger charge is -2.21. The van der Waals surface area contributed by atoms with E-state index in [-0.39, 0.29) is 34.9 Å². The van der Waals surface area contributed by atoms with Crippen molar-refractivity contribution in [2.75, 3.05) is 0 Å². The summed E-state index contributed by atoms with van der Waals surface area (Å²) in [6, 6.07) is 8.57. The van der Waals surface area contributed by atoms with Crippen LogP contribution in [0.15, 0.2) is 29.3 Å². The summed E-state index contributed by atoms with van der Waals surface area (Å²) >= 11 is 0. The summed E-state index contributed by atoms with van der Waals surface area (Å²) in [5, 5.41) is 3.15. The molecule has 20 heavy (non-hydrogen) atoms. The van der Waals surface area contributed by atoms with E-state index in [9.17, 15) is 0 Å². The van der Waals surface area contributed by atoms with Crippen LogP contribution >= 0.6 is 24.0 Å². The van der Waals surface area contributed by atoms with Crippen molar-refractivity contribution in [2.24, 2.45) is 10.7 Å².